The number of hydrogen-bond donors (Lipinski definition) is 0. The number of benzene rings is 2. The lowest BCUT2D eigenvalue weighted by Gasteiger charge is -2.29. The van der Waals surface area contributed by atoms with Crippen LogP contribution in [0.4, 0.5) is 4.39 Å². The van der Waals surface area contributed by atoms with Crippen LogP contribution in [-0.4, -0.2) is 49.2 Å². The van der Waals surface area contributed by atoms with E-state index in [4.69, 9.17) is 18.9 Å². The predicted molar refractivity (Wildman–Crippen MR) is 109 cm³/mol. The molecule has 0 spiro atoms. The molecule has 8 heteroatoms. The molecule has 166 valence electrons. The van der Waals surface area contributed by atoms with Gasteiger partial charge in [-0.2, -0.15) is 0 Å². The van der Waals surface area contributed by atoms with Crippen molar-refractivity contribution in [3.8, 4) is 0 Å². The molecule has 2 aromatic rings. The van der Waals surface area contributed by atoms with Crippen molar-refractivity contribution in [2.45, 2.75) is 45.4 Å². The predicted octanol–water partition coefficient (Wildman–Crippen LogP) is 3.72. The van der Waals surface area contributed by atoms with Gasteiger partial charge >= 0.3 is 17.9 Å². The van der Waals surface area contributed by atoms with Gasteiger partial charge < -0.3 is 18.9 Å². The summed E-state index contributed by atoms with van der Waals surface area (Å²) in [4.78, 5) is 35.9. The molecule has 0 amide bonds. The Morgan fingerprint density at radius 3 is 1.84 bits per heavy atom. The minimum Gasteiger partial charge on any atom is -0.459 e. The van der Waals surface area contributed by atoms with Gasteiger partial charge in [0.2, 0.25) is 6.29 Å². The Hall–Kier alpha value is -3.26. The average Bonchev–Trinajstić information content (AvgIpc) is 2.75. The molecule has 0 aliphatic rings. The Bertz CT molecular complexity index is 855. The summed E-state index contributed by atoms with van der Waals surface area (Å²) < 4.78 is 35.5. The van der Waals surface area contributed by atoms with Gasteiger partial charge in [-0.3, -0.25) is 4.79 Å². The molecule has 0 heterocycles. The standard InChI is InChI=1S/C23H25FO7/c1-15(24)21(31-23(27)19-12-8-5-9-13-19)20(30-17(3)29-16(2)25)14-28-22(26)18-10-6-4-7-11-18/h4-13,15,17,20-21H,14H2,1-3H3/t15?,17?,20-,21?/m1/s1. The summed E-state index contributed by atoms with van der Waals surface area (Å²) in [5, 5.41) is 0. The Labute approximate surface area is 180 Å². The summed E-state index contributed by atoms with van der Waals surface area (Å²) in [7, 11) is 0. The fraction of sp³-hybridized carbons (Fsp3) is 0.348. The molecular weight excluding hydrogens is 407 g/mol. The zero-order chi connectivity index (χ0) is 22.8. The molecule has 0 aliphatic heterocycles. The van der Waals surface area contributed by atoms with Crippen LogP contribution in [0.5, 0.6) is 0 Å². The van der Waals surface area contributed by atoms with E-state index in [-0.39, 0.29) is 5.56 Å². The van der Waals surface area contributed by atoms with E-state index in [2.05, 4.69) is 0 Å². The van der Waals surface area contributed by atoms with E-state index in [1.54, 1.807) is 48.5 Å². The molecule has 0 fully saturated rings. The van der Waals surface area contributed by atoms with Gasteiger partial charge in [0, 0.05) is 6.92 Å². The summed E-state index contributed by atoms with van der Waals surface area (Å²) in [6.07, 6.45) is -5.41. The van der Waals surface area contributed by atoms with Crippen LogP contribution in [0.3, 0.4) is 0 Å². The third-order valence-corrected chi connectivity index (χ3v) is 4.16. The fourth-order valence-electron chi connectivity index (χ4n) is 2.77. The van der Waals surface area contributed by atoms with Crippen LogP contribution in [0.1, 0.15) is 41.5 Å². The molecule has 0 N–H and O–H groups in total. The third kappa shape index (κ3) is 7.82. The largest absolute Gasteiger partial charge is 0.459 e. The van der Waals surface area contributed by atoms with Gasteiger partial charge in [-0.25, -0.2) is 14.0 Å². The first kappa shape index (κ1) is 24.0. The maximum Gasteiger partial charge on any atom is 0.338 e. The Kier molecular flexibility index (Phi) is 9.14. The highest BCUT2D eigenvalue weighted by atomic mass is 19.1. The third-order valence-electron chi connectivity index (χ3n) is 4.16. The van der Waals surface area contributed by atoms with Gasteiger partial charge in [0.25, 0.3) is 0 Å². The van der Waals surface area contributed by atoms with Crippen LogP contribution < -0.4 is 0 Å². The quantitative estimate of drug-likeness (QED) is 0.321. The van der Waals surface area contributed by atoms with Gasteiger partial charge in [-0.05, 0) is 38.1 Å². The molecule has 2 rings (SSSR count). The van der Waals surface area contributed by atoms with E-state index in [0.29, 0.717) is 5.56 Å². The summed E-state index contributed by atoms with van der Waals surface area (Å²) >= 11 is 0. The van der Waals surface area contributed by atoms with E-state index >= 15 is 0 Å². The average molecular weight is 432 g/mol. The van der Waals surface area contributed by atoms with Crippen LogP contribution in [0.15, 0.2) is 60.7 Å². The summed E-state index contributed by atoms with van der Waals surface area (Å²) in [6.45, 7) is 3.37. The van der Waals surface area contributed by atoms with Gasteiger partial charge in [0.1, 0.15) is 18.9 Å². The number of carbonyl (C=O) groups excluding carboxylic acids is 3. The number of carbonyl (C=O) groups is 3. The Balaban J connectivity index is 2.16. The molecule has 0 aromatic heterocycles. The lowest BCUT2D eigenvalue weighted by atomic mass is 10.1. The topological polar surface area (TPSA) is 88.1 Å². The van der Waals surface area contributed by atoms with Crippen molar-refractivity contribution in [3.05, 3.63) is 71.8 Å². The number of esters is 3. The minimum atomic E-state index is -1.67. The molecule has 0 aliphatic carbocycles. The molecule has 31 heavy (non-hydrogen) atoms. The lowest BCUT2D eigenvalue weighted by Crippen LogP contribution is -2.45. The highest BCUT2D eigenvalue weighted by Crippen LogP contribution is 2.18. The number of ether oxygens (including phenoxy) is 4. The number of hydrogen-bond acceptors (Lipinski definition) is 7. The summed E-state index contributed by atoms with van der Waals surface area (Å²) in [5.41, 5.74) is 0.515. The first-order valence-corrected chi connectivity index (χ1v) is 9.73. The van der Waals surface area contributed by atoms with Gasteiger partial charge in [-0.1, -0.05) is 36.4 Å². The molecular formula is C23H25FO7. The van der Waals surface area contributed by atoms with E-state index < -0.39 is 49.2 Å². The highest BCUT2D eigenvalue weighted by molar-refractivity contribution is 5.90. The normalized spacial score (nSPS) is 14.6. The summed E-state index contributed by atoms with van der Waals surface area (Å²) in [5.74, 6) is -2.04. The molecule has 7 nitrogen and oxygen atoms in total. The van der Waals surface area contributed by atoms with Crippen LogP contribution in [0.25, 0.3) is 0 Å². The van der Waals surface area contributed by atoms with Crippen molar-refractivity contribution < 1.29 is 37.7 Å². The minimum absolute atomic E-state index is 0.223. The first-order chi connectivity index (χ1) is 14.8. The van der Waals surface area contributed by atoms with Crippen LogP contribution >= 0.6 is 0 Å². The van der Waals surface area contributed by atoms with E-state index in [1.165, 1.54) is 32.9 Å². The molecule has 0 bridgehead atoms. The molecule has 0 saturated heterocycles. The van der Waals surface area contributed by atoms with Gasteiger partial charge in [0.15, 0.2) is 6.10 Å². The van der Waals surface area contributed by atoms with Crippen molar-refractivity contribution >= 4 is 17.9 Å². The van der Waals surface area contributed by atoms with E-state index in [0.717, 1.165) is 0 Å². The fourth-order valence-corrected chi connectivity index (χ4v) is 2.77. The van der Waals surface area contributed by atoms with Crippen LogP contribution in [-0.2, 0) is 23.7 Å². The first-order valence-electron chi connectivity index (χ1n) is 9.73. The van der Waals surface area contributed by atoms with Crippen molar-refractivity contribution in [1.29, 1.82) is 0 Å². The van der Waals surface area contributed by atoms with Crippen LogP contribution in [0.2, 0.25) is 0 Å². The monoisotopic (exact) mass is 432 g/mol. The van der Waals surface area contributed by atoms with Crippen molar-refractivity contribution in [3.63, 3.8) is 0 Å². The lowest BCUT2D eigenvalue weighted by molar-refractivity contribution is -0.203. The van der Waals surface area contributed by atoms with E-state index in [1.807, 2.05) is 0 Å². The number of alkyl halides is 1. The second-order valence-corrected chi connectivity index (χ2v) is 6.73. The zero-order valence-corrected chi connectivity index (χ0v) is 17.5. The molecule has 4 atom stereocenters. The SMILES string of the molecule is CC(=O)OC(C)O[C@H](COC(=O)c1ccccc1)C(OC(=O)c1ccccc1)C(C)F. The second kappa shape index (κ2) is 11.8. The highest BCUT2D eigenvalue weighted by Gasteiger charge is 2.35. The molecule has 3 unspecified atom stereocenters. The maximum atomic E-state index is 14.4. The van der Waals surface area contributed by atoms with Crippen molar-refractivity contribution in [1.82, 2.24) is 0 Å². The van der Waals surface area contributed by atoms with Crippen molar-refractivity contribution in [2.75, 3.05) is 6.61 Å². The summed E-state index contributed by atoms with van der Waals surface area (Å²) in [6, 6.07) is 16.3. The van der Waals surface area contributed by atoms with Gasteiger partial charge in [-0.15, -0.1) is 0 Å². The van der Waals surface area contributed by atoms with Crippen molar-refractivity contribution in [2.24, 2.45) is 0 Å². The smallest absolute Gasteiger partial charge is 0.338 e. The van der Waals surface area contributed by atoms with Crippen LogP contribution in [0, 0.1) is 0 Å². The molecule has 0 radical (unpaired) electrons. The maximum absolute atomic E-state index is 14.4. The second-order valence-electron chi connectivity index (χ2n) is 6.73. The number of rotatable bonds is 10. The Morgan fingerprint density at radius 2 is 1.35 bits per heavy atom. The van der Waals surface area contributed by atoms with E-state index in [9.17, 15) is 18.8 Å². The number of halogens is 1. The molecule has 0 saturated carbocycles. The Morgan fingerprint density at radius 1 is 0.839 bits per heavy atom. The zero-order valence-electron chi connectivity index (χ0n) is 17.5. The molecule has 2 aromatic carbocycles. The van der Waals surface area contributed by atoms with Gasteiger partial charge in [0.05, 0.1) is 11.1 Å².